The molecule has 1 fully saturated rings. The standard InChI is InChI=1S/C13H17NO2/c14-12-4-2-1-3-11(12)9-13(15)16-8-7-10-5-6-10/h1-4,10H,5-9,14H2. The van der Waals surface area contributed by atoms with Gasteiger partial charge in [-0.1, -0.05) is 31.0 Å². The molecule has 0 aliphatic heterocycles. The third-order valence-corrected chi connectivity index (χ3v) is 2.88. The van der Waals surface area contributed by atoms with E-state index in [0.29, 0.717) is 12.3 Å². The fraction of sp³-hybridized carbons (Fsp3) is 0.462. The third kappa shape index (κ3) is 3.26. The summed E-state index contributed by atoms with van der Waals surface area (Å²) in [6.45, 7) is 0.552. The molecular formula is C13H17NO2. The zero-order chi connectivity index (χ0) is 11.4. The predicted molar refractivity (Wildman–Crippen MR) is 62.9 cm³/mol. The van der Waals surface area contributed by atoms with Crippen molar-refractivity contribution in [1.82, 2.24) is 0 Å². The first-order valence-electron chi connectivity index (χ1n) is 5.74. The van der Waals surface area contributed by atoms with Crippen LogP contribution in [0.2, 0.25) is 0 Å². The molecule has 1 aliphatic rings. The van der Waals surface area contributed by atoms with Crippen molar-refractivity contribution in [2.75, 3.05) is 12.3 Å². The maximum absolute atomic E-state index is 11.5. The number of carbonyl (C=O) groups is 1. The fourth-order valence-corrected chi connectivity index (χ4v) is 1.65. The lowest BCUT2D eigenvalue weighted by molar-refractivity contribution is -0.143. The second-order valence-electron chi connectivity index (χ2n) is 4.33. The van der Waals surface area contributed by atoms with E-state index in [1.54, 1.807) is 6.07 Å². The number of hydrogen-bond acceptors (Lipinski definition) is 3. The lowest BCUT2D eigenvalue weighted by atomic mass is 10.1. The van der Waals surface area contributed by atoms with Gasteiger partial charge in [-0.15, -0.1) is 0 Å². The highest BCUT2D eigenvalue weighted by atomic mass is 16.5. The molecule has 3 heteroatoms. The van der Waals surface area contributed by atoms with E-state index in [9.17, 15) is 4.79 Å². The molecule has 0 atom stereocenters. The minimum atomic E-state index is -0.182. The van der Waals surface area contributed by atoms with Gasteiger partial charge in [0, 0.05) is 5.69 Å². The molecule has 86 valence electrons. The Bertz CT molecular complexity index is 372. The summed E-state index contributed by atoms with van der Waals surface area (Å²) in [6.07, 6.45) is 3.87. The summed E-state index contributed by atoms with van der Waals surface area (Å²) in [6, 6.07) is 7.39. The number of carbonyl (C=O) groups excluding carboxylic acids is 1. The Morgan fingerprint density at radius 2 is 2.12 bits per heavy atom. The number of nitrogen functional groups attached to an aromatic ring is 1. The minimum Gasteiger partial charge on any atom is -0.465 e. The topological polar surface area (TPSA) is 52.3 Å². The Labute approximate surface area is 95.6 Å². The number of para-hydroxylation sites is 1. The summed E-state index contributed by atoms with van der Waals surface area (Å²) in [7, 11) is 0. The van der Waals surface area contributed by atoms with Gasteiger partial charge in [0.05, 0.1) is 13.0 Å². The van der Waals surface area contributed by atoms with Crippen molar-refractivity contribution in [1.29, 1.82) is 0 Å². The molecule has 16 heavy (non-hydrogen) atoms. The summed E-state index contributed by atoms with van der Waals surface area (Å²) in [5, 5.41) is 0. The van der Waals surface area contributed by atoms with Gasteiger partial charge in [-0.25, -0.2) is 0 Å². The first-order chi connectivity index (χ1) is 7.75. The molecule has 2 N–H and O–H groups in total. The Morgan fingerprint density at radius 1 is 1.38 bits per heavy atom. The van der Waals surface area contributed by atoms with E-state index in [1.165, 1.54) is 12.8 Å². The van der Waals surface area contributed by atoms with Gasteiger partial charge in [-0.2, -0.15) is 0 Å². The lowest BCUT2D eigenvalue weighted by Gasteiger charge is -2.06. The predicted octanol–water partition coefficient (Wildman–Crippen LogP) is 2.15. The van der Waals surface area contributed by atoms with Crippen molar-refractivity contribution in [3.05, 3.63) is 29.8 Å². The fourth-order valence-electron chi connectivity index (χ4n) is 1.65. The van der Waals surface area contributed by atoms with Gasteiger partial charge in [0.2, 0.25) is 0 Å². The van der Waals surface area contributed by atoms with E-state index >= 15 is 0 Å². The Hall–Kier alpha value is -1.51. The number of esters is 1. The van der Waals surface area contributed by atoms with Crippen LogP contribution < -0.4 is 5.73 Å². The van der Waals surface area contributed by atoms with E-state index < -0.39 is 0 Å². The van der Waals surface area contributed by atoms with Crippen LogP contribution in [-0.4, -0.2) is 12.6 Å². The van der Waals surface area contributed by atoms with Gasteiger partial charge >= 0.3 is 5.97 Å². The molecular weight excluding hydrogens is 202 g/mol. The number of nitrogens with two attached hydrogens (primary N) is 1. The van der Waals surface area contributed by atoms with Crippen LogP contribution in [0, 0.1) is 5.92 Å². The van der Waals surface area contributed by atoms with Crippen LogP contribution in [0.4, 0.5) is 5.69 Å². The van der Waals surface area contributed by atoms with E-state index in [0.717, 1.165) is 17.9 Å². The molecule has 0 unspecified atom stereocenters. The number of benzene rings is 1. The smallest absolute Gasteiger partial charge is 0.310 e. The van der Waals surface area contributed by atoms with Gasteiger partial charge in [-0.3, -0.25) is 4.79 Å². The van der Waals surface area contributed by atoms with Crippen molar-refractivity contribution in [3.63, 3.8) is 0 Å². The quantitative estimate of drug-likeness (QED) is 0.610. The van der Waals surface area contributed by atoms with Crippen LogP contribution in [0.25, 0.3) is 0 Å². The van der Waals surface area contributed by atoms with Crippen LogP contribution in [0.3, 0.4) is 0 Å². The monoisotopic (exact) mass is 219 g/mol. The molecule has 0 spiro atoms. The summed E-state index contributed by atoms with van der Waals surface area (Å²) >= 11 is 0. The van der Waals surface area contributed by atoms with Gasteiger partial charge in [0.25, 0.3) is 0 Å². The molecule has 3 nitrogen and oxygen atoms in total. The van der Waals surface area contributed by atoms with Crippen LogP contribution in [0.1, 0.15) is 24.8 Å². The molecule has 1 aromatic rings. The third-order valence-electron chi connectivity index (χ3n) is 2.88. The maximum atomic E-state index is 11.5. The van der Waals surface area contributed by atoms with Crippen LogP contribution in [-0.2, 0) is 16.0 Å². The Kier molecular flexibility index (Phi) is 3.44. The molecule has 0 bridgehead atoms. The minimum absolute atomic E-state index is 0.182. The Balaban J connectivity index is 1.75. The highest BCUT2D eigenvalue weighted by Gasteiger charge is 2.21. The first kappa shape index (κ1) is 11.0. The number of ether oxygens (including phenoxy) is 1. The molecule has 1 aliphatic carbocycles. The summed E-state index contributed by atoms with van der Waals surface area (Å²) in [5.74, 6) is 0.619. The summed E-state index contributed by atoms with van der Waals surface area (Å²) in [5.41, 5.74) is 7.25. The molecule has 0 heterocycles. The van der Waals surface area contributed by atoms with E-state index in [1.807, 2.05) is 18.2 Å². The second-order valence-corrected chi connectivity index (χ2v) is 4.33. The highest BCUT2D eigenvalue weighted by Crippen LogP contribution is 2.32. The highest BCUT2D eigenvalue weighted by molar-refractivity contribution is 5.74. The molecule has 0 amide bonds. The Morgan fingerprint density at radius 3 is 2.81 bits per heavy atom. The average Bonchev–Trinajstić information content (AvgIpc) is 3.05. The van der Waals surface area contributed by atoms with Crippen LogP contribution in [0.5, 0.6) is 0 Å². The first-order valence-corrected chi connectivity index (χ1v) is 5.74. The zero-order valence-electron chi connectivity index (χ0n) is 9.32. The van der Waals surface area contributed by atoms with E-state index in [2.05, 4.69) is 0 Å². The number of hydrogen-bond donors (Lipinski definition) is 1. The van der Waals surface area contributed by atoms with Crippen molar-refractivity contribution >= 4 is 11.7 Å². The van der Waals surface area contributed by atoms with Crippen molar-refractivity contribution < 1.29 is 9.53 Å². The number of rotatable bonds is 5. The van der Waals surface area contributed by atoms with E-state index in [-0.39, 0.29) is 12.4 Å². The lowest BCUT2D eigenvalue weighted by Crippen LogP contribution is -2.10. The van der Waals surface area contributed by atoms with Gasteiger partial charge in [-0.05, 0) is 24.0 Å². The maximum Gasteiger partial charge on any atom is 0.310 e. The molecule has 1 aromatic carbocycles. The number of anilines is 1. The van der Waals surface area contributed by atoms with Gasteiger partial charge in [0.1, 0.15) is 0 Å². The molecule has 2 rings (SSSR count). The van der Waals surface area contributed by atoms with Crippen molar-refractivity contribution in [3.8, 4) is 0 Å². The average molecular weight is 219 g/mol. The second kappa shape index (κ2) is 5.01. The van der Waals surface area contributed by atoms with Gasteiger partial charge < -0.3 is 10.5 Å². The van der Waals surface area contributed by atoms with Crippen molar-refractivity contribution in [2.45, 2.75) is 25.7 Å². The SMILES string of the molecule is Nc1ccccc1CC(=O)OCCC1CC1. The summed E-state index contributed by atoms with van der Waals surface area (Å²) < 4.78 is 5.16. The van der Waals surface area contributed by atoms with Crippen molar-refractivity contribution in [2.24, 2.45) is 5.92 Å². The van der Waals surface area contributed by atoms with Gasteiger partial charge in [0.15, 0.2) is 0 Å². The van der Waals surface area contributed by atoms with Crippen LogP contribution in [0.15, 0.2) is 24.3 Å². The molecule has 1 saturated carbocycles. The summed E-state index contributed by atoms with van der Waals surface area (Å²) in [4.78, 5) is 11.5. The normalized spacial score (nSPS) is 14.8. The van der Waals surface area contributed by atoms with E-state index in [4.69, 9.17) is 10.5 Å². The molecule has 0 saturated heterocycles. The largest absolute Gasteiger partial charge is 0.465 e. The zero-order valence-corrected chi connectivity index (χ0v) is 9.32. The molecule has 0 aromatic heterocycles. The molecule has 0 radical (unpaired) electrons. The van der Waals surface area contributed by atoms with Crippen LogP contribution >= 0.6 is 0 Å².